The molecule has 0 aromatic heterocycles. The highest BCUT2D eigenvalue weighted by Crippen LogP contribution is 2.17. The summed E-state index contributed by atoms with van der Waals surface area (Å²) >= 11 is 0. The lowest BCUT2D eigenvalue weighted by Crippen LogP contribution is -2.27. The van der Waals surface area contributed by atoms with Gasteiger partial charge in [0.25, 0.3) is 5.91 Å². The van der Waals surface area contributed by atoms with Crippen LogP contribution in [0, 0.1) is 6.92 Å². The average molecular weight is 361 g/mol. The number of carbonyl (C=O) groups is 1. The molecule has 4 N–H and O–H groups in total. The maximum Gasteiger partial charge on any atom is 0.251 e. The second-order valence-electron chi connectivity index (χ2n) is 5.69. The van der Waals surface area contributed by atoms with E-state index in [9.17, 15) is 13.2 Å². The molecule has 6 nitrogen and oxygen atoms in total. The second kappa shape index (κ2) is 8.75. The van der Waals surface area contributed by atoms with Crippen LogP contribution in [0.3, 0.4) is 0 Å². The van der Waals surface area contributed by atoms with Gasteiger partial charge in [-0.1, -0.05) is 36.4 Å². The molecule has 0 fully saturated rings. The number of aryl methyl sites for hydroxylation is 1. The van der Waals surface area contributed by atoms with Crippen LogP contribution in [-0.4, -0.2) is 27.4 Å². The van der Waals surface area contributed by atoms with Gasteiger partial charge in [0.05, 0.1) is 4.90 Å². The Morgan fingerprint density at radius 3 is 2.52 bits per heavy atom. The number of benzene rings is 2. The van der Waals surface area contributed by atoms with Crippen molar-refractivity contribution in [3.63, 3.8) is 0 Å². The van der Waals surface area contributed by atoms with Crippen LogP contribution in [0.1, 0.15) is 27.9 Å². The Balaban J connectivity index is 2.16. The Hall–Kier alpha value is -2.22. The normalized spacial score (nSPS) is 11.3. The standard InChI is InChI=1S/C18H23N3O3S/c1-14-8-9-16(18(22)20-11-5-10-19)12-17(14)25(23,24)21-13-15-6-3-2-4-7-15/h2-4,6-9,12,21H,5,10-11,13,19H2,1H3,(H,20,22). The topological polar surface area (TPSA) is 101 Å². The largest absolute Gasteiger partial charge is 0.352 e. The molecule has 25 heavy (non-hydrogen) atoms. The van der Waals surface area contributed by atoms with Gasteiger partial charge in [-0.25, -0.2) is 13.1 Å². The molecule has 0 unspecified atom stereocenters. The Bertz CT molecular complexity index is 821. The summed E-state index contributed by atoms with van der Waals surface area (Å²) in [6.45, 7) is 2.83. The van der Waals surface area contributed by atoms with Crippen molar-refractivity contribution in [1.82, 2.24) is 10.0 Å². The van der Waals surface area contributed by atoms with E-state index in [4.69, 9.17) is 5.73 Å². The minimum absolute atomic E-state index is 0.106. The summed E-state index contributed by atoms with van der Waals surface area (Å²) in [5.41, 5.74) is 7.15. The van der Waals surface area contributed by atoms with Gasteiger partial charge < -0.3 is 11.1 Å². The van der Waals surface area contributed by atoms with Gasteiger partial charge in [0.1, 0.15) is 0 Å². The molecule has 1 amide bonds. The van der Waals surface area contributed by atoms with E-state index in [1.165, 1.54) is 6.07 Å². The summed E-state index contributed by atoms with van der Waals surface area (Å²) in [6, 6.07) is 13.9. The molecular formula is C18H23N3O3S. The fraction of sp³-hybridized carbons (Fsp3) is 0.278. The van der Waals surface area contributed by atoms with Gasteiger partial charge >= 0.3 is 0 Å². The molecule has 0 spiro atoms. The van der Waals surface area contributed by atoms with Crippen LogP contribution in [0.4, 0.5) is 0 Å². The van der Waals surface area contributed by atoms with Crippen molar-refractivity contribution >= 4 is 15.9 Å². The molecule has 2 aromatic carbocycles. The molecule has 2 aromatic rings. The minimum atomic E-state index is -3.72. The highest BCUT2D eigenvalue weighted by atomic mass is 32.2. The Labute approximate surface area is 148 Å². The average Bonchev–Trinajstić information content (AvgIpc) is 2.61. The lowest BCUT2D eigenvalue weighted by atomic mass is 10.1. The first-order valence-corrected chi connectivity index (χ1v) is 9.55. The van der Waals surface area contributed by atoms with Crippen LogP contribution in [0.5, 0.6) is 0 Å². The van der Waals surface area contributed by atoms with E-state index < -0.39 is 10.0 Å². The van der Waals surface area contributed by atoms with Gasteiger partial charge in [0.15, 0.2) is 0 Å². The van der Waals surface area contributed by atoms with Gasteiger partial charge in [-0.3, -0.25) is 4.79 Å². The first kappa shape index (κ1) is 19.1. The molecule has 0 saturated carbocycles. The predicted molar refractivity (Wildman–Crippen MR) is 97.7 cm³/mol. The molecule has 0 heterocycles. The summed E-state index contributed by atoms with van der Waals surface area (Å²) in [5, 5.41) is 2.72. The van der Waals surface area contributed by atoms with Crippen molar-refractivity contribution in [2.75, 3.05) is 13.1 Å². The zero-order valence-electron chi connectivity index (χ0n) is 14.2. The summed E-state index contributed by atoms with van der Waals surface area (Å²) in [4.78, 5) is 12.2. The van der Waals surface area contributed by atoms with Crippen LogP contribution in [0.25, 0.3) is 0 Å². The monoisotopic (exact) mass is 361 g/mol. The minimum Gasteiger partial charge on any atom is -0.352 e. The number of hydrogen-bond donors (Lipinski definition) is 3. The first-order valence-electron chi connectivity index (χ1n) is 8.06. The summed E-state index contributed by atoms with van der Waals surface area (Å²) in [7, 11) is -3.72. The van der Waals surface area contributed by atoms with Crippen LogP contribution in [0.15, 0.2) is 53.4 Å². The smallest absolute Gasteiger partial charge is 0.251 e. The molecule has 0 aliphatic heterocycles. The Morgan fingerprint density at radius 1 is 1.12 bits per heavy atom. The molecule has 0 aliphatic rings. The van der Waals surface area contributed by atoms with Gasteiger partial charge in [-0.2, -0.15) is 0 Å². The van der Waals surface area contributed by atoms with Crippen molar-refractivity contribution in [3.8, 4) is 0 Å². The van der Waals surface area contributed by atoms with Crippen LogP contribution < -0.4 is 15.8 Å². The third-order valence-electron chi connectivity index (χ3n) is 3.72. The van der Waals surface area contributed by atoms with E-state index in [-0.39, 0.29) is 17.3 Å². The molecular weight excluding hydrogens is 338 g/mol. The zero-order chi connectivity index (χ0) is 18.3. The van der Waals surface area contributed by atoms with Crippen molar-refractivity contribution in [1.29, 1.82) is 0 Å². The molecule has 0 atom stereocenters. The lowest BCUT2D eigenvalue weighted by Gasteiger charge is -2.11. The second-order valence-corrected chi connectivity index (χ2v) is 7.42. The van der Waals surface area contributed by atoms with Gasteiger partial charge in [-0.05, 0) is 43.1 Å². The van der Waals surface area contributed by atoms with Gasteiger partial charge in [-0.15, -0.1) is 0 Å². The maximum absolute atomic E-state index is 12.6. The highest BCUT2D eigenvalue weighted by molar-refractivity contribution is 7.89. The van der Waals surface area contributed by atoms with Crippen LogP contribution >= 0.6 is 0 Å². The number of carbonyl (C=O) groups excluding carboxylic acids is 1. The van der Waals surface area contributed by atoms with Crippen molar-refractivity contribution in [3.05, 3.63) is 65.2 Å². The van der Waals surface area contributed by atoms with E-state index in [2.05, 4.69) is 10.0 Å². The molecule has 2 rings (SSSR count). The Kier molecular flexibility index (Phi) is 6.69. The summed E-state index contributed by atoms with van der Waals surface area (Å²) < 4.78 is 27.8. The van der Waals surface area contributed by atoms with Crippen LogP contribution in [-0.2, 0) is 16.6 Å². The van der Waals surface area contributed by atoms with Gasteiger partial charge in [0.2, 0.25) is 10.0 Å². The molecule has 134 valence electrons. The number of amides is 1. The van der Waals surface area contributed by atoms with E-state index in [0.717, 1.165) is 5.56 Å². The van der Waals surface area contributed by atoms with Crippen molar-refractivity contribution in [2.24, 2.45) is 5.73 Å². The predicted octanol–water partition coefficient (Wildman–Crippen LogP) is 1.55. The number of nitrogens with two attached hydrogens (primary N) is 1. The summed E-state index contributed by atoms with van der Waals surface area (Å²) in [6.07, 6.45) is 0.668. The fourth-order valence-corrected chi connectivity index (χ4v) is 3.58. The van der Waals surface area contributed by atoms with Crippen molar-refractivity contribution in [2.45, 2.75) is 24.8 Å². The summed E-state index contributed by atoms with van der Waals surface area (Å²) in [5.74, 6) is -0.312. The lowest BCUT2D eigenvalue weighted by molar-refractivity contribution is 0.0953. The molecule has 0 bridgehead atoms. The third-order valence-corrected chi connectivity index (χ3v) is 5.26. The quantitative estimate of drug-likeness (QED) is 0.621. The van der Waals surface area contributed by atoms with Crippen molar-refractivity contribution < 1.29 is 13.2 Å². The van der Waals surface area contributed by atoms with E-state index in [1.54, 1.807) is 19.1 Å². The maximum atomic E-state index is 12.6. The van der Waals surface area contributed by atoms with E-state index in [1.807, 2.05) is 30.3 Å². The number of nitrogens with one attached hydrogen (secondary N) is 2. The SMILES string of the molecule is Cc1ccc(C(=O)NCCCN)cc1S(=O)(=O)NCc1ccccc1. The van der Waals surface area contributed by atoms with Crippen LogP contribution in [0.2, 0.25) is 0 Å². The fourth-order valence-electron chi connectivity index (χ4n) is 2.29. The number of sulfonamides is 1. The highest BCUT2D eigenvalue weighted by Gasteiger charge is 2.18. The molecule has 0 radical (unpaired) electrons. The van der Waals surface area contributed by atoms with E-state index >= 15 is 0 Å². The third kappa shape index (κ3) is 5.38. The number of rotatable bonds is 8. The zero-order valence-corrected chi connectivity index (χ0v) is 15.0. The molecule has 7 heteroatoms. The number of hydrogen-bond acceptors (Lipinski definition) is 4. The Morgan fingerprint density at radius 2 is 1.84 bits per heavy atom. The van der Waals surface area contributed by atoms with Gasteiger partial charge in [0, 0.05) is 18.7 Å². The molecule has 0 saturated heterocycles. The van der Waals surface area contributed by atoms with E-state index in [0.29, 0.717) is 30.6 Å². The molecule has 0 aliphatic carbocycles. The first-order chi connectivity index (χ1) is 11.9.